The van der Waals surface area contributed by atoms with Gasteiger partial charge in [0.05, 0.1) is 0 Å². The minimum Gasteiger partial charge on any atom is -0.423 e. The van der Waals surface area contributed by atoms with Crippen LogP contribution in [0.2, 0.25) is 0 Å². The molecule has 0 atom stereocenters. The highest BCUT2D eigenvalue weighted by molar-refractivity contribution is 9.10. The van der Waals surface area contributed by atoms with Crippen LogP contribution in [0.4, 0.5) is 0 Å². The van der Waals surface area contributed by atoms with Crippen LogP contribution >= 0.6 is 15.9 Å². The van der Waals surface area contributed by atoms with E-state index >= 15 is 0 Å². The number of benzene rings is 3. The van der Waals surface area contributed by atoms with Crippen molar-refractivity contribution in [1.29, 1.82) is 0 Å². The monoisotopic (exact) mass is 326 g/mol. The summed E-state index contributed by atoms with van der Waals surface area (Å²) in [6.07, 6.45) is 0. The van der Waals surface area contributed by atoms with Gasteiger partial charge < -0.3 is 10.0 Å². The maximum absolute atomic E-state index is 9.57. The molecule has 0 radical (unpaired) electrons. The second-order valence-electron chi connectivity index (χ2n) is 4.63. The molecule has 0 saturated carbocycles. The largest absolute Gasteiger partial charge is 0.489 e. The van der Waals surface area contributed by atoms with Crippen LogP contribution in [-0.2, 0) is 0 Å². The van der Waals surface area contributed by atoms with Crippen LogP contribution < -0.4 is 5.46 Å². The highest BCUT2D eigenvalue weighted by Gasteiger charge is 2.18. The topological polar surface area (TPSA) is 40.5 Å². The Hall–Kier alpha value is -1.62. The van der Waals surface area contributed by atoms with Crippen LogP contribution in [-0.4, -0.2) is 17.2 Å². The first-order valence-electron chi connectivity index (χ1n) is 6.30. The molecule has 98 valence electrons. The van der Waals surface area contributed by atoms with Crippen molar-refractivity contribution in [2.24, 2.45) is 0 Å². The lowest BCUT2D eigenvalue weighted by atomic mass is 9.75. The molecule has 0 saturated heterocycles. The summed E-state index contributed by atoms with van der Waals surface area (Å²) in [6, 6.07) is 19.5. The van der Waals surface area contributed by atoms with Crippen LogP contribution in [0.5, 0.6) is 0 Å². The van der Waals surface area contributed by atoms with Gasteiger partial charge in [0.25, 0.3) is 0 Å². The molecule has 0 aliphatic heterocycles. The van der Waals surface area contributed by atoms with E-state index in [2.05, 4.69) is 15.9 Å². The summed E-state index contributed by atoms with van der Waals surface area (Å²) in [5.74, 6) is 0. The molecular formula is C16H12BBrO2. The van der Waals surface area contributed by atoms with Crippen LogP contribution in [0.3, 0.4) is 0 Å². The summed E-state index contributed by atoms with van der Waals surface area (Å²) in [6.45, 7) is 0. The van der Waals surface area contributed by atoms with Gasteiger partial charge in [-0.3, -0.25) is 0 Å². The standard InChI is InChI=1S/C16H12BBrO2/c18-12-8-9-16(17(19)20)15(10-12)14-7-3-5-11-4-1-2-6-13(11)14/h1-10,19-20H. The van der Waals surface area contributed by atoms with Gasteiger partial charge in [0, 0.05) is 4.47 Å². The molecule has 0 fully saturated rings. The van der Waals surface area contributed by atoms with Crippen molar-refractivity contribution in [3.8, 4) is 11.1 Å². The Balaban J connectivity index is 2.33. The number of hydrogen-bond acceptors (Lipinski definition) is 2. The summed E-state index contributed by atoms with van der Waals surface area (Å²) in [4.78, 5) is 0. The van der Waals surface area contributed by atoms with E-state index in [1.54, 1.807) is 6.07 Å². The van der Waals surface area contributed by atoms with Gasteiger partial charge in [-0.2, -0.15) is 0 Å². The molecule has 2 nitrogen and oxygen atoms in total. The Morgan fingerprint density at radius 1 is 0.800 bits per heavy atom. The molecule has 3 aromatic carbocycles. The molecule has 0 unspecified atom stereocenters. The Bertz CT molecular complexity index is 766. The maximum Gasteiger partial charge on any atom is 0.489 e. The fraction of sp³-hybridized carbons (Fsp3) is 0. The highest BCUT2D eigenvalue weighted by Crippen LogP contribution is 2.29. The first-order chi connectivity index (χ1) is 9.66. The van der Waals surface area contributed by atoms with Crippen molar-refractivity contribution >= 4 is 39.3 Å². The normalized spacial score (nSPS) is 10.8. The molecule has 0 aliphatic carbocycles. The number of halogens is 1. The fourth-order valence-corrected chi connectivity index (χ4v) is 2.81. The minimum absolute atomic E-state index is 0.504. The van der Waals surface area contributed by atoms with Gasteiger partial charge in [-0.25, -0.2) is 0 Å². The highest BCUT2D eigenvalue weighted by atomic mass is 79.9. The van der Waals surface area contributed by atoms with E-state index in [9.17, 15) is 10.0 Å². The lowest BCUT2D eigenvalue weighted by Crippen LogP contribution is -2.31. The van der Waals surface area contributed by atoms with Crippen molar-refractivity contribution in [2.75, 3.05) is 0 Å². The molecule has 3 rings (SSSR count). The third kappa shape index (κ3) is 2.38. The van der Waals surface area contributed by atoms with E-state index in [1.165, 1.54) is 0 Å². The van der Waals surface area contributed by atoms with Crippen molar-refractivity contribution in [1.82, 2.24) is 0 Å². The van der Waals surface area contributed by atoms with Gasteiger partial charge in [0.15, 0.2) is 0 Å². The van der Waals surface area contributed by atoms with Crippen LogP contribution in [0, 0.1) is 0 Å². The Kier molecular flexibility index (Phi) is 3.61. The van der Waals surface area contributed by atoms with Crippen molar-refractivity contribution < 1.29 is 10.0 Å². The smallest absolute Gasteiger partial charge is 0.423 e. The maximum atomic E-state index is 9.57. The molecule has 20 heavy (non-hydrogen) atoms. The summed E-state index contributed by atoms with van der Waals surface area (Å²) in [7, 11) is -1.49. The van der Waals surface area contributed by atoms with Crippen molar-refractivity contribution in [3.05, 3.63) is 65.1 Å². The SMILES string of the molecule is OB(O)c1ccc(Br)cc1-c1cccc2ccccc12. The summed E-state index contributed by atoms with van der Waals surface area (Å²) in [5, 5.41) is 21.4. The summed E-state index contributed by atoms with van der Waals surface area (Å²) in [5.41, 5.74) is 2.32. The Morgan fingerprint density at radius 3 is 2.35 bits per heavy atom. The van der Waals surface area contributed by atoms with E-state index in [0.717, 1.165) is 26.4 Å². The molecule has 0 bridgehead atoms. The predicted molar refractivity (Wildman–Crippen MR) is 86.9 cm³/mol. The predicted octanol–water partition coefficient (Wildman–Crippen LogP) is 2.95. The van der Waals surface area contributed by atoms with Crippen LogP contribution in [0.15, 0.2) is 65.1 Å². The quantitative estimate of drug-likeness (QED) is 0.711. The summed E-state index contributed by atoms with van der Waals surface area (Å²) < 4.78 is 0.907. The van der Waals surface area contributed by atoms with Crippen LogP contribution in [0.1, 0.15) is 0 Å². The average molecular weight is 327 g/mol. The van der Waals surface area contributed by atoms with Crippen molar-refractivity contribution in [3.63, 3.8) is 0 Å². The lowest BCUT2D eigenvalue weighted by molar-refractivity contribution is 0.426. The van der Waals surface area contributed by atoms with Gasteiger partial charge in [0.2, 0.25) is 0 Å². The van der Waals surface area contributed by atoms with Gasteiger partial charge in [0.1, 0.15) is 0 Å². The van der Waals surface area contributed by atoms with E-state index in [4.69, 9.17) is 0 Å². The van der Waals surface area contributed by atoms with E-state index in [0.29, 0.717) is 5.46 Å². The second kappa shape index (κ2) is 5.41. The third-order valence-electron chi connectivity index (χ3n) is 3.37. The first kappa shape index (κ1) is 13.4. The zero-order chi connectivity index (χ0) is 14.1. The third-order valence-corrected chi connectivity index (χ3v) is 3.87. The number of fused-ring (bicyclic) bond motifs is 1. The Morgan fingerprint density at radius 2 is 1.55 bits per heavy atom. The molecular weight excluding hydrogens is 315 g/mol. The van der Waals surface area contributed by atoms with Gasteiger partial charge in [-0.05, 0) is 39.5 Å². The van der Waals surface area contributed by atoms with E-state index in [-0.39, 0.29) is 0 Å². The molecule has 0 aromatic heterocycles. The number of hydrogen-bond donors (Lipinski definition) is 2. The summed E-state index contributed by atoms with van der Waals surface area (Å²) >= 11 is 3.44. The molecule has 0 spiro atoms. The van der Waals surface area contributed by atoms with Gasteiger partial charge in [-0.1, -0.05) is 64.5 Å². The van der Waals surface area contributed by atoms with E-state index in [1.807, 2.05) is 54.6 Å². The average Bonchev–Trinajstić information content (AvgIpc) is 2.46. The lowest BCUT2D eigenvalue weighted by Gasteiger charge is -2.12. The molecule has 0 aliphatic rings. The zero-order valence-electron chi connectivity index (χ0n) is 10.6. The number of rotatable bonds is 2. The first-order valence-corrected chi connectivity index (χ1v) is 7.10. The molecule has 0 heterocycles. The van der Waals surface area contributed by atoms with Gasteiger partial charge >= 0.3 is 7.12 Å². The Labute approximate surface area is 126 Å². The zero-order valence-corrected chi connectivity index (χ0v) is 12.2. The minimum atomic E-state index is -1.49. The molecule has 3 aromatic rings. The van der Waals surface area contributed by atoms with E-state index < -0.39 is 7.12 Å². The molecule has 2 N–H and O–H groups in total. The second-order valence-corrected chi connectivity index (χ2v) is 5.55. The molecule has 0 amide bonds. The van der Waals surface area contributed by atoms with Crippen LogP contribution in [0.25, 0.3) is 21.9 Å². The fourth-order valence-electron chi connectivity index (χ4n) is 2.45. The van der Waals surface area contributed by atoms with Gasteiger partial charge in [-0.15, -0.1) is 0 Å². The van der Waals surface area contributed by atoms with Crippen molar-refractivity contribution in [2.45, 2.75) is 0 Å². The molecule has 4 heteroatoms.